The van der Waals surface area contributed by atoms with E-state index in [0.29, 0.717) is 5.92 Å². The van der Waals surface area contributed by atoms with Crippen LogP contribution in [0.15, 0.2) is 16.9 Å². The van der Waals surface area contributed by atoms with Crippen LogP contribution in [0.3, 0.4) is 0 Å². The van der Waals surface area contributed by atoms with Crippen molar-refractivity contribution in [2.75, 3.05) is 0 Å². The summed E-state index contributed by atoms with van der Waals surface area (Å²) in [5.74, 6) is 2.40. The molecule has 1 aliphatic carbocycles. The van der Waals surface area contributed by atoms with Crippen molar-refractivity contribution in [3.63, 3.8) is 0 Å². The topological polar surface area (TPSA) is 29.4 Å². The van der Waals surface area contributed by atoms with Crippen molar-refractivity contribution < 1.29 is 0 Å². The minimum atomic E-state index is 0.635. The molecule has 0 aromatic heterocycles. The first-order valence-electron chi connectivity index (χ1n) is 5.75. The number of nitroso groups, excluding NO2 is 1. The fraction of sp³-hybridized carbons (Fsp3) is 0.833. The van der Waals surface area contributed by atoms with Gasteiger partial charge in [-0.3, -0.25) is 0 Å². The molecule has 3 atom stereocenters. The minimum absolute atomic E-state index is 0.635. The van der Waals surface area contributed by atoms with Crippen LogP contribution >= 0.6 is 0 Å². The largest absolute Gasteiger partial charge is 0.145 e. The van der Waals surface area contributed by atoms with Gasteiger partial charge < -0.3 is 0 Å². The van der Waals surface area contributed by atoms with Gasteiger partial charge in [-0.15, -0.1) is 4.91 Å². The number of nitrogens with zero attached hydrogens (tertiary/aromatic N) is 1. The lowest BCUT2D eigenvalue weighted by Crippen LogP contribution is -2.00. The van der Waals surface area contributed by atoms with Gasteiger partial charge in [0.25, 0.3) is 0 Å². The molecule has 0 spiro atoms. The maximum absolute atomic E-state index is 10.5. The summed E-state index contributed by atoms with van der Waals surface area (Å²) < 4.78 is 0. The molecular weight excluding hydrogens is 174 g/mol. The van der Waals surface area contributed by atoms with E-state index in [0.717, 1.165) is 30.4 Å². The summed E-state index contributed by atoms with van der Waals surface area (Å²) in [6.07, 6.45) is 6.38. The molecule has 0 aromatic rings. The van der Waals surface area contributed by atoms with Crippen molar-refractivity contribution in [3.05, 3.63) is 16.7 Å². The van der Waals surface area contributed by atoms with Crippen molar-refractivity contribution in [2.24, 2.45) is 22.9 Å². The van der Waals surface area contributed by atoms with Crippen LogP contribution in [0.2, 0.25) is 0 Å². The van der Waals surface area contributed by atoms with Crippen molar-refractivity contribution in [1.29, 1.82) is 0 Å². The Morgan fingerprint density at radius 2 is 2.29 bits per heavy atom. The molecule has 0 bridgehead atoms. The third-order valence-electron chi connectivity index (χ3n) is 3.32. The van der Waals surface area contributed by atoms with Gasteiger partial charge in [0.15, 0.2) is 0 Å². The van der Waals surface area contributed by atoms with Crippen LogP contribution in [-0.2, 0) is 0 Å². The third kappa shape index (κ3) is 2.93. The second-order valence-corrected chi connectivity index (χ2v) is 4.44. The van der Waals surface area contributed by atoms with Crippen molar-refractivity contribution in [2.45, 2.75) is 46.5 Å². The smallest absolute Gasteiger partial charge is 0.0811 e. The number of rotatable bonds is 6. The van der Waals surface area contributed by atoms with E-state index in [2.05, 4.69) is 19.0 Å². The Hall–Kier alpha value is -0.660. The fourth-order valence-electron chi connectivity index (χ4n) is 2.31. The molecule has 1 fully saturated rings. The lowest BCUT2D eigenvalue weighted by atomic mass is 9.98. The van der Waals surface area contributed by atoms with E-state index < -0.39 is 0 Å². The Labute approximate surface area is 86.8 Å². The van der Waals surface area contributed by atoms with E-state index in [1.165, 1.54) is 12.8 Å². The molecule has 0 amide bonds. The number of hydrogen-bond acceptors (Lipinski definition) is 2. The zero-order valence-corrected chi connectivity index (χ0v) is 9.49. The quantitative estimate of drug-likeness (QED) is 0.586. The average molecular weight is 195 g/mol. The molecule has 0 aromatic carbocycles. The molecular formula is C12H21NO. The SMILES string of the molecule is CC/C=C(\CC(C)C1C[C@@H]1CC)N=O. The predicted molar refractivity (Wildman–Crippen MR) is 59.8 cm³/mol. The highest BCUT2D eigenvalue weighted by Gasteiger charge is 2.39. The number of allylic oxidation sites excluding steroid dienone is 2. The van der Waals surface area contributed by atoms with Crippen molar-refractivity contribution in [1.82, 2.24) is 0 Å². The maximum atomic E-state index is 10.5. The van der Waals surface area contributed by atoms with E-state index in [1.54, 1.807) is 0 Å². The minimum Gasteiger partial charge on any atom is -0.145 e. The van der Waals surface area contributed by atoms with Gasteiger partial charge in [0.2, 0.25) is 0 Å². The van der Waals surface area contributed by atoms with Gasteiger partial charge >= 0.3 is 0 Å². The highest BCUT2D eigenvalue weighted by molar-refractivity contribution is 5.03. The molecule has 1 rings (SSSR count). The molecule has 1 aliphatic rings. The summed E-state index contributed by atoms with van der Waals surface area (Å²) in [6, 6.07) is 0. The first-order valence-corrected chi connectivity index (χ1v) is 5.75. The summed E-state index contributed by atoms with van der Waals surface area (Å²) in [4.78, 5) is 10.5. The van der Waals surface area contributed by atoms with Crippen molar-refractivity contribution >= 4 is 0 Å². The monoisotopic (exact) mass is 195 g/mol. The molecule has 1 saturated carbocycles. The summed E-state index contributed by atoms with van der Waals surface area (Å²) in [6.45, 7) is 6.54. The van der Waals surface area contributed by atoms with E-state index in [4.69, 9.17) is 0 Å². The second kappa shape index (κ2) is 5.28. The Kier molecular flexibility index (Phi) is 4.30. The molecule has 14 heavy (non-hydrogen) atoms. The molecule has 2 unspecified atom stereocenters. The van der Waals surface area contributed by atoms with Gasteiger partial charge in [0, 0.05) is 0 Å². The molecule has 0 heterocycles. The Morgan fingerprint density at radius 1 is 1.57 bits per heavy atom. The molecule has 2 heteroatoms. The van der Waals surface area contributed by atoms with Gasteiger partial charge in [0.1, 0.15) is 0 Å². The molecule has 0 radical (unpaired) electrons. The Morgan fingerprint density at radius 3 is 2.71 bits per heavy atom. The zero-order chi connectivity index (χ0) is 10.6. The highest BCUT2D eigenvalue weighted by atomic mass is 16.3. The van der Waals surface area contributed by atoms with Crippen LogP contribution in [0, 0.1) is 22.7 Å². The van der Waals surface area contributed by atoms with Crippen molar-refractivity contribution in [3.8, 4) is 0 Å². The van der Waals surface area contributed by atoms with Crippen LogP contribution in [0.4, 0.5) is 0 Å². The lowest BCUT2D eigenvalue weighted by Gasteiger charge is -2.09. The first-order chi connectivity index (χ1) is 6.72. The maximum Gasteiger partial charge on any atom is 0.0811 e. The second-order valence-electron chi connectivity index (χ2n) is 4.44. The molecule has 0 N–H and O–H groups in total. The predicted octanol–water partition coefficient (Wildman–Crippen LogP) is 4.12. The van der Waals surface area contributed by atoms with Crippen LogP contribution in [0.5, 0.6) is 0 Å². The standard InChI is InChI=1S/C12H21NO/c1-4-6-11(13-14)7-9(3)12-8-10(12)5-2/h6,9-10,12H,4-5,7-8H2,1-3H3/b11-6+/t9?,10-,12?/m0/s1. The van der Waals surface area contributed by atoms with Crippen LogP contribution in [0.1, 0.15) is 46.5 Å². The van der Waals surface area contributed by atoms with E-state index in [-0.39, 0.29) is 0 Å². The lowest BCUT2D eigenvalue weighted by molar-refractivity contribution is 0.464. The number of hydrogen-bond donors (Lipinski definition) is 0. The molecule has 0 saturated heterocycles. The summed E-state index contributed by atoms with van der Waals surface area (Å²) >= 11 is 0. The molecule has 0 aliphatic heterocycles. The van der Waals surface area contributed by atoms with Gasteiger partial charge in [-0.25, -0.2) is 0 Å². The molecule has 80 valence electrons. The fourth-order valence-corrected chi connectivity index (χ4v) is 2.31. The molecule has 2 nitrogen and oxygen atoms in total. The Balaban J connectivity index is 2.36. The Bertz CT molecular complexity index is 222. The van der Waals surface area contributed by atoms with Gasteiger partial charge in [-0.1, -0.05) is 33.3 Å². The zero-order valence-electron chi connectivity index (χ0n) is 9.49. The average Bonchev–Trinajstić information content (AvgIpc) is 2.96. The third-order valence-corrected chi connectivity index (χ3v) is 3.32. The summed E-state index contributed by atoms with van der Waals surface area (Å²) in [5, 5.41) is 3.09. The first kappa shape index (κ1) is 11.4. The normalized spacial score (nSPS) is 28.6. The van der Waals surface area contributed by atoms with E-state index >= 15 is 0 Å². The van der Waals surface area contributed by atoms with Gasteiger partial charge in [-0.05, 0) is 42.2 Å². The van der Waals surface area contributed by atoms with Crippen LogP contribution in [0.25, 0.3) is 0 Å². The van der Waals surface area contributed by atoms with Gasteiger partial charge in [-0.2, -0.15) is 0 Å². The highest BCUT2D eigenvalue weighted by Crippen LogP contribution is 2.48. The summed E-state index contributed by atoms with van der Waals surface area (Å²) in [7, 11) is 0. The van der Waals surface area contributed by atoms with Crippen LogP contribution < -0.4 is 0 Å². The van der Waals surface area contributed by atoms with Crippen LogP contribution in [-0.4, -0.2) is 0 Å². The van der Waals surface area contributed by atoms with Gasteiger partial charge in [0.05, 0.1) is 5.70 Å². The van der Waals surface area contributed by atoms with E-state index in [1.807, 2.05) is 13.0 Å². The van der Waals surface area contributed by atoms with E-state index in [9.17, 15) is 4.91 Å². The summed E-state index contributed by atoms with van der Waals surface area (Å²) in [5.41, 5.74) is 0.752.